The summed E-state index contributed by atoms with van der Waals surface area (Å²) in [6.45, 7) is 6.42. The zero-order valence-corrected chi connectivity index (χ0v) is 19.1. The molecule has 0 aliphatic heterocycles. The van der Waals surface area contributed by atoms with E-state index in [1.807, 2.05) is 6.92 Å². The fourth-order valence-electron chi connectivity index (χ4n) is 2.77. The topological polar surface area (TPSA) is 214 Å². The van der Waals surface area contributed by atoms with Crippen LogP contribution in [0.2, 0.25) is 0 Å². The first-order valence-electron chi connectivity index (χ1n) is 10.6. The van der Waals surface area contributed by atoms with Crippen LogP contribution in [0.15, 0.2) is 0 Å². The Bertz CT molecular complexity index is 671. The molecule has 0 aromatic rings. The van der Waals surface area contributed by atoms with Crippen LogP contribution in [0.1, 0.15) is 53.4 Å². The molecule has 184 valence electrons. The Labute approximate surface area is 187 Å². The normalized spacial score (nSPS) is 15.7. The minimum atomic E-state index is -1.40. The van der Waals surface area contributed by atoms with E-state index in [9.17, 15) is 34.2 Å². The molecule has 0 rings (SSSR count). The highest BCUT2D eigenvalue weighted by Crippen LogP contribution is 2.08. The van der Waals surface area contributed by atoms with E-state index in [0.717, 1.165) is 0 Å². The number of nitrogens with one attached hydrogen (secondary N) is 3. The van der Waals surface area contributed by atoms with Gasteiger partial charge in [0.15, 0.2) is 0 Å². The first-order chi connectivity index (χ1) is 14.8. The van der Waals surface area contributed by atoms with Crippen molar-refractivity contribution in [1.82, 2.24) is 16.0 Å². The van der Waals surface area contributed by atoms with Crippen molar-refractivity contribution < 1.29 is 34.2 Å². The van der Waals surface area contributed by atoms with Crippen LogP contribution in [0.3, 0.4) is 0 Å². The molecule has 0 aliphatic carbocycles. The second-order valence-corrected chi connectivity index (χ2v) is 8.25. The van der Waals surface area contributed by atoms with Gasteiger partial charge in [-0.05, 0) is 24.7 Å². The maximum absolute atomic E-state index is 12.6. The van der Waals surface area contributed by atoms with E-state index in [2.05, 4.69) is 16.0 Å². The van der Waals surface area contributed by atoms with Crippen LogP contribution in [0.4, 0.5) is 0 Å². The number of primary amides is 1. The van der Waals surface area contributed by atoms with Crippen LogP contribution < -0.4 is 27.4 Å². The minimum absolute atomic E-state index is 0.0289. The number of aliphatic hydroxyl groups excluding tert-OH is 1. The van der Waals surface area contributed by atoms with Crippen LogP contribution in [0.5, 0.6) is 0 Å². The molecular formula is C20H37N5O7. The zero-order valence-electron chi connectivity index (χ0n) is 19.1. The smallest absolute Gasteiger partial charge is 0.326 e. The predicted molar refractivity (Wildman–Crippen MR) is 116 cm³/mol. The lowest BCUT2D eigenvalue weighted by molar-refractivity contribution is -0.143. The number of hydrogen-bond donors (Lipinski definition) is 7. The average Bonchev–Trinajstić information content (AvgIpc) is 2.71. The molecule has 0 saturated heterocycles. The Morgan fingerprint density at radius 3 is 1.81 bits per heavy atom. The molecule has 32 heavy (non-hydrogen) atoms. The third-order valence-electron chi connectivity index (χ3n) is 5.01. The van der Waals surface area contributed by atoms with E-state index in [-0.39, 0.29) is 31.1 Å². The number of rotatable bonds is 15. The average molecular weight is 460 g/mol. The molecule has 0 radical (unpaired) electrons. The summed E-state index contributed by atoms with van der Waals surface area (Å²) >= 11 is 0. The third kappa shape index (κ3) is 10.5. The highest BCUT2D eigenvalue weighted by Gasteiger charge is 2.31. The molecule has 0 spiro atoms. The van der Waals surface area contributed by atoms with Crippen molar-refractivity contribution in [3.8, 4) is 0 Å². The van der Waals surface area contributed by atoms with Gasteiger partial charge < -0.3 is 37.6 Å². The number of carboxylic acid groups (broad SMARTS) is 1. The summed E-state index contributed by atoms with van der Waals surface area (Å²) in [6, 6.07) is -4.80. The molecule has 0 saturated carbocycles. The van der Waals surface area contributed by atoms with Crippen molar-refractivity contribution in [3.63, 3.8) is 0 Å². The van der Waals surface area contributed by atoms with Crippen LogP contribution in [0.25, 0.3) is 0 Å². The van der Waals surface area contributed by atoms with Gasteiger partial charge in [0.05, 0.1) is 12.6 Å². The number of carbonyl (C=O) groups is 5. The second kappa shape index (κ2) is 14.4. The van der Waals surface area contributed by atoms with E-state index in [0.29, 0.717) is 6.42 Å². The van der Waals surface area contributed by atoms with Gasteiger partial charge in [0.1, 0.15) is 18.1 Å². The Kier molecular flexibility index (Phi) is 13.1. The lowest BCUT2D eigenvalue weighted by atomic mass is 9.99. The number of carbonyl (C=O) groups excluding carboxylic acids is 4. The van der Waals surface area contributed by atoms with Gasteiger partial charge in [0.25, 0.3) is 0 Å². The third-order valence-corrected chi connectivity index (χ3v) is 5.01. The van der Waals surface area contributed by atoms with Crippen LogP contribution in [-0.4, -0.2) is 70.6 Å². The maximum atomic E-state index is 12.6. The van der Waals surface area contributed by atoms with Crippen LogP contribution in [-0.2, 0) is 24.0 Å². The van der Waals surface area contributed by atoms with Crippen LogP contribution in [0, 0.1) is 11.8 Å². The molecule has 0 aromatic heterocycles. The molecule has 0 aromatic carbocycles. The zero-order chi connectivity index (χ0) is 25.0. The highest BCUT2D eigenvalue weighted by molar-refractivity contribution is 5.94. The van der Waals surface area contributed by atoms with E-state index in [1.165, 1.54) is 0 Å². The van der Waals surface area contributed by atoms with Gasteiger partial charge in [-0.15, -0.1) is 0 Å². The Morgan fingerprint density at radius 2 is 1.38 bits per heavy atom. The van der Waals surface area contributed by atoms with Gasteiger partial charge in [-0.1, -0.05) is 34.1 Å². The fraction of sp³-hybridized carbons (Fsp3) is 0.750. The summed E-state index contributed by atoms with van der Waals surface area (Å²) in [7, 11) is 0. The van der Waals surface area contributed by atoms with Crippen molar-refractivity contribution in [3.05, 3.63) is 0 Å². The Morgan fingerprint density at radius 1 is 0.875 bits per heavy atom. The van der Waals surface area contributed by atoms with E-state index in [4.69, 9.17) is 11.5 Å². The fourth-order valence-corrected chi connectivity index (χ4v) is 2.77. The first kappa shape index (κ1) is 29.3. The molecule has 5 unspecified atom stereocenters. The van der Waals surface area contributed by atoms with E-state index < -0.39 is 60.4 Å². The number of nitrogens with two attached hydrogens (primary N) is 2. The summed E-state index contributed by atoms with van der Waals surface area (Å²) in [6.07, 6.45) is 0.330. The molecule has 0 heterocycles. The Hall–Kier alpha value is -2.73. The van der Waals surface area contributed by atoms with E-state index in [1.54, 1.807) is 20.8 Å². The number of amides is 4. The van der Waals surface area contributed by atoms with Gasteiger partial charge in [0.2, 0.25) is 23.6 Å². The summed E-state index contributed by atoms with van der Waals surface area (Å²) < 4.78 is 0. The highest BCUT2D eigenvalue weighted by atomic mass is 16.4. The van der Waals surface area contributed by atoms with Crippen LogP contribution >= 0.6 is 0 Å². The number of hydrogen-bond acceptors (Lipinski definition) is 7. The molecule has 0 bridgehead atoms. The summed E-state index contributed by atoms with van der Waals surface area (Å²) in [5, 5.41) is 25.9. The SMILES string of the molecule is CCC(C)C(N)C(=O)NC(CO)C(=O)NC(CCC(N)=O)C(=O)NC(CC(C)C)C(=O)O. The Balaban J connectivity index is 5.37. The molecule has 0 aliphatic rings. The molecule has 12 nitrogen and oxygen atoms in total. The molecule has 9 N–H and O–H groups in total. The monoisotopic (exact) mass is 459 g/mol. The minimum Gasteiger partial charge on any atom is -0.480 e. The lowest BCUT2D eigenvalue weighted by Crippen LogP contribution is -2.58. The van der Waals surface area contributed by atoms with Gasteiger partial charge in [-0.25, -0.2) is 4.79 Å². The van der Waals surface area contributed by atoms with Crippen molar-refractivity contribution in [2.24, 2.45) is 23.3 Å². The number of carboxylic acids is 1. The molecule has 12 heteroatoms. The maximum Gasteiger partial charge on any atom is 0.326 e. The second-order valence-electron chi connectivity index (χ2n) is 8.25. The predicted octanol–water partition coefficient (Wildman–Crippen LogP) is -1.80. The van der Waals surface area contributed by atoms with Gasteiger partial charge in [0, 0.05) is 6.42 Å². The van der Waals surface area contributed by atoms with Gasteiger partial charge in [-0.3, -0.25) is 19.2 Å². The molecule has 0 fully saturated rings. The number of aliphatic carboxylic acids is 1. The van der Waals surface area contributed by atoms with Gasteiger partial charge in [-0.2, -0.15) is 0 Å². The van der Waals surface area contributed by atoms with Crippen molar-refractivity contribution >= 4 is 29.6 Å². The van der Waals surface area contributed by atoms with Gasteiger partial charge >= 0.3 is 5.97 Å². The van der Waals surface area contributed by atoms with Crippen molar-refractivity contribution in [1.29, 1.82) is 0 Å². The standard InChI is InChI=1S/C20H37N5O7/c1-5-11(4)16(22)19(30)25-14(9-26)18(29)23-12(6-7-15(21)27)17(28)24-13(20(31)32)8-10(2)3/h10-14,16,26H,5-9,22H2,1-4H3,(H2,21,27)(H,23,29)(H,24,28)(H,25,30)(H,31,32). The summed E-state index contributed by atoms with van der Waals surface area (Å²) in [5.74, 6) is -4.52. The lowest BCUT2D eigenvalue weighted by Gasteiger charge is -2.25. The summed E-state index contributed by atoms with van der Waals surface area (Å²) in [4.78, 5) is 60.1. The van der Waals surface area contributed by atoms with E-state index >= 15 is 0 Å². The summed E-state index contributed by atoms with van der Waals surface area (Å²) in [5.41, 5.74) is 11.0. The first-order valence-corrected chi connectivity index (χ1v) is 10.6. The van der Waals surface area contributed by atoms with Crippen molar-refractivity contribution in [2.75, 3.05) is 6.61 Å². The molecule has 4 amide bonds. The number of aliphatic hydroxyl groups is 1. The quantitative estimate of drug-likeness (QED) is 0.148. The van der Waals surface area contributed by atoms with Crippen molar-refractivity contribution in [2.45, 2.75) is 77.5 Å². The largest absolute Gasteiger partial charge is 0.480 e. The molecular weight excluding hydrogens is 422 g/mol. The molecule has 5 atom stereocenters.